The molecule has 0 aromatic heterocycles. The molecule has 2 heterocycles. The minimum absolute atomic E-state index is 0.235. The molecular weight excluding hydrogens is 324 g/mol. The number of aliphatic hydroxyl groups excluding tert-OH is 1. The summed E-state index contributed by atoms with van der Waals surface area (Å²) in [5, 5.41) is 10.5. The van der Waals surface area contributed by atoms with Crippen LogP contribution < -0.4 is 0 Å². The summed E-state index contributed by atoms with van der Waals surface area (Å²) in [6.07, 6.45) is -0.271. The van der Waals surface area contributed by atoms with Gasteiger partial charge in [-0.2, -0.15) is 0 Å². The molecule has 4 nitrogen and oxygen atoms in total. The summed E-state index contributed by atoms with van der Waals surface area (Å²) in [6, 6.07) is 17.6. The molecule has 2 atom stereocenters. The molecule has 2 saturated heterocycles. The lowest BCUT2D eigenvalue weighted by molar-refractivity contribution is -0.00618. The van der Waals surface area contributed by atoms with Crippen LogP contribution in [-0.2, 0) is 11.3 Å². The van der Waals surface area contributed by atoms with Crippen LogP contribution in [0.3, 0.4) is 0 Å². The van der Waals surface area contributed by atoms with Gasteiger partial charge < -0.3 is 9.84 Å². The van der Waals surface area contributed by atoms with E-state index in [0.717, 1.165) is 45.9 Å². The van der Waals surface area contributed by atoms with Gasteiger partial charge in [0.25, 0.3) is 0 Å². The number of β-amino-alcohol motifs (C(OH)–C–C–N with tert-alkyl or cyclic N) is 1. The number of ether oxygens (including phenoxy) is 1. The molecule has 4 rings (SSSR count). The molecule has 0 saturated carbocycles. The maximum Gasteiger partial charge on any atom is 0.0834 e. The standard InChI is InChI=1S/C22H28N2O2/c1-17-5-2-3-8-20(17)19-7-4-6-18(13-19)14-23-15-21(22(25)16-23)24-9-11-26-12-10-24/h2-8,13,21-22,25H,9-12,14-16H2,1H3/t21-,22-/m0/s1. The Kier molecular flexibility index (Phi) is 5.36. The summed E-state index contributed by atoms with van der Waals surface area (Å²) >= 11 is 0. The molecule has 0 radical (unpaired) electrons. The van der Waals surface area contributed by atoms with Gasteiger partial charge in [-0.25, -0.2) is 0 Å². The molecular formula is C22H28N2O2. The Labute approximate surface area is 156 Å². The van der Waals surface area contributed by atoms with Gasteiger partial charge in [0.2, 0.25) is 0 Å². The van der Waals surface area contributed by atoms with Gasteiger partial charge in [0.05, 0.1) is 19.3 Å². The molecule has 2 fully saturated rings. The number of rotatable bonds is 4. The van der Waals surface area contributed by atoms with E-state index in [0.29, 0.717) is 0 Å². The zero-order chi connectivity index (χ0) is 17.9. The van der Waals surface area contributed by atoms with E-state index in [9.17, 15) is 5.11 Å². The summed E-state index contributed by atoms with van der Waals surface area (Å²) in [5.41, 5.74) is 5.17. The lowest BCUT2D eigenvalue weighted by Crippen LogP contribution is -2.48. The number of benzene rings is 2. The fraction of sp³-hybridized carbons (Fsp3) is 0.455. The van der Waals surface area contributed by atoms with Crippen LogP contribution in [0.15, 0.2) is 48.5 Å². The zero-order valence-electron chi connectivity index (χ0n) is 15.5. The highest BCUT2D eigenvalue weighted by Gasteiger charge is 2.35. The average Bonchev–Trinajstić information content (AvgIpc) is 3.03. The third-order valence-corrected chi connectivity index (χ3v) is 5.64. The molecule has 0 amide bonds. The van der Waals surface area contributed by atoms with Crippen molar-refractivity contribution in [3.8, 4) is 11.1 Å². The summed E-state index contributed by atoms with van der Waals surface area (Å²) < 4.78 is 5.44. The maximum absolute atomic E-state index is 10.5. The molecule has 0 bridgehead atoms. The summed E-state index contributed by atoms with van der Waals surface area (Å²) in [5.74, 6) is 0. The van der Waals surface area contributed by atoms with Crippen LogP contribution >= 0.6 is 0 Å². The fourth-order valence-electron chi connectivity index (χ4n) is 4.24. The molecule has 2 aliphatic heterocycles. The summed E-state index contributed by atoms with van der Waals surface area (Å²) in [4.78, 5) is 4.76. The Hall–Kier alpha value is -1.72. The van der Waals surface area contributed by atoms with E-state index in [1.165, 1.54) is 22.3 Å². The van der Waals surface area contributed by atoms with Gasteiger partial charge in [-0.05, 0) is 35.2 Å². The number of aryl methyl sites for hydroxylation is 1. The van der Waals surface area contributed by atoms with Crippen LogP contribution in [0.5, 0.6) is 0 Å². The van der Waals surface area contributed by atoms with E-state index < -0.39 is 0 Å². The Bertz CT molecular complexity index is 742. The van der Waals surface area contributed by atoms with Crippen molar-refractivity contribution in [2.45, 2.75) is 25.6 Å². The highest BCUT2D eigenvalue weighted by molar-refractivity contribution is 5.67. The molecule has 4 heteroatoms. The average molecular weight is 352 g/mol. The molecule has 26 heavy (non-hydrogen) atoms. The Morgan fingerprint density at radius 1 is 1.04 bits per heavy atom. The van der Waals surface area contributed by atoms with Crippen molar-refractivity contribution in [1.82, 2.24) is 9.80 Å². The zero-order valence-corrected chi connectivity index (χ0v) is 15.5. The summed E-state index contributed by atoms with van der Waals surface area (Å²) in [6.45, 7) is 8.13. The monoisotopic (exact) mass is 352 g/mol. The third-order valence-electron chi connectivity index (χ3n) is 5.64. The van der Waals surface area contributed by atoms with E-state index in [1.54, 1.807) is 0 Å². The van der Waals surface area contributed by atoms with Crippen molar-refractivity contribution >= 4 is 0 Å². The molecule has 0 spiro atoms. The molecule has 1 N–H and O–H groups in total. The smallest absolute Gasteiger partial charge is 0.0834 e. The van der Waals surface area contributed by atoms with Crippen molar-refractivity contribution in [1.29, 1.82) is 0 Å². The van der Waals surface area contributed by atoms with Crippen molar-refractivity contribution in [2.24, 2.45) is 0 Å². The first-order valence-electron chi connectivity index (χ1n) is 9.58. The Morgan fingerprint density at radius 2 is 1.85 bits per heavy atom. The minimum atomic E-state index is -0.271. The SMILES string of the molecule is Cc1ccccc1-c1cccc(CN2C[C@H](O)[C@@H](N3CCOCC3)C2)c1. The van der Waals surface area contributed by atoms with E-state index in [4.69, 9.17) is 4.74 Å². The first kappa shape index (κ1) is 17.7. The van der Waals surface area contributed by atoms with Crippen molar-refractivity contribution < 1.29 is 9.84 Å². The lowest BCUT2D eigenvalue weighted by Gasteiger charge is -2.33. The van der Waals surface area contributed by atoms with E-state index in [2.05, 4.69) is 65.3 Å². The largest absolute Gasteiger partial charge is 0.390 e. The predicted octanol–water partition coefficient (Wildman–Crippen LogP) is 2.54. The van der Waals surface area contributed by atoms with E-state index in [1.807, 2.05) is 0 Å². The summed E-state index contributed by atoms with van der Waals surface area (Å²) in [7, 11) is 0. The van der Waals surface area contributed by atoms with Crippen molar-refractivity contribution in [2.75, 3.05) is 39.4 Å². The quantitative estimate of drug-likeness (QED) is 0.917. The number of hydrogen-bond acceptors (Lipinski definition) is 4. The van der Waals surface area contributed by atoms with Crippen LogP contribution in [0.2, 0.25) is 0 Å². The third kappa shape index (κ3) is 3.84. The molecule has 0 aliphatic carbocycles. The Morgan fingerprint density at radius 3 is 2.65 bits per heavy atom. The van der Waals surface area contributed by atoms with Gasteiger partial charge >= 0.3 is 0 Å². The maximum atomic E-state index is 10.5. The molecule has 0 unspecified atom stereocenters. The second-order valence-corrected chi connectivity index (χ2v) is 7.49. The predicted molar refractivity (Wildman–Crippen MR) is 104 cm³/mol. The Balaban J connectivity index is 1.45. The first-order valence-corrected chi connectivity index (χ1v) is 9.58. The van der Waals surface area contributed by atoms with Crippen LogP contribution in [0.1, 0.15) is 11.1 Å². The molecule has 138 valence electrons. The van der Waals surface area contributed by atoms with Crippen LogP contribution in [0.25, 0.3) is 11.1 Å². The van der Waals surface area contributed by atoms with Gasteiger partial charge in [0.1, 0.15) is 0 Å². The second kappa shape index (κ2) is 7.89. The van der Waals surface area contributed by atoms with Crippen molar-refractivity contribution in [3.63, 3.8) is 0 Å². The first-order chi connectivity index (χ1) is 12.7. The van der Waals surface area contributed by atoms with E-state index in [-0.39, 0.29) is 12.1 Å². The highest BCUT2D eigenvalue weighted by Crippen LogP contribution is 2.25. The topological polar surface area (TPSA) is 35.9 Å². The number of hydrogen-bond donors (Lipinski definition) is 1. The van der Waals surface area contributed by atoms with Crippen LogP contribution in [0, 0.1) is 6.92 Å². The van der Waals surface area contributed by atoms with Crippen molar-refractivity contribution in [3.05, 3.63) is 59.7 Å². The fourth-order valence-corrected chi connectivity index (χ4v) is 4.24. The number of aliphatic hydroxyl groups is 1. The van der Waals surface area contributed by atoms with Gasteiger partial charge in [0, 0.05) is 38.8 Å². The van der Waals surface area contributed by atoms with Crippen LogP contribution in [-0.4, -0.2) is 66.4 Å². The molecule has 2 aromatic carbocycles. The van der Waals surface area contributed by atoms with Crippen LogP contribution in [0.4, 0.5) is 0 Å². The number of likely N-dealkylation sites (tertiary alicyclic amines) is 1. The second-order valence-electron chi connectivity index (χ2n) is 7.49. The molecule has 2 aromatic rings. The molecule has 2 aliphatic rings. The number of nitrogens with zero attached hydrogens (tertiary/aromatic N) is 2. The highest BCUT2D eigenvalue weighted by atomic mass is 16.5. The minimum Gasteiger partial charge on any atom is -0.390 e. The number of morpholine rings is 1. The van der Waals surface area contributed by atoms with Gasteiger partial charge in [-0.1, -0.05) is 42.5 Å². The lowest BCUT2D eigenvalue weighted by atomic mass is 9.99. The normalized spacial score (nSPS) is 24.8. The van der Waals surface area contributed by atoms with Gasteiger partial charge in [-0.3, -0.25) is 9.80 Å². The van der Waals surface area contributed by atoms with E-state index >= 15 is 0 Å². The van der Waals surface area contributed by atoms with Gasteiger partial charge in [0.15, 0.2) is 0 Å². The van der Waals surface area contributed by atoms with Gasteiger partial charge in [-0.15, -0.1) is 0 Å².